The van der Waals surface area contributed by atoms with Crippen molar-refractivity contribution in [3.8, 4) is 0 Å². The van der Waals surface area contributed by atoms with Crippen LogP contribution in [-0.4, -0.2) is 5.91 Å². The summed E-state index contributed by atoms with van der Waals surface area (Å²) >= 11 is 0. The standard InChI is InChI=1S/C15H17F4NO/c16-13-6-5-10(8-12(13)15(17,18)19)11(14(20)21)7-9-3-1-2-4-9/h5-6,8-9,11H,1-4,7H2,(H2,20,21). The van der Waals surface area contributed by atoms with Crippen LogP contribution in [0.4, 0.5) is 17.6 Å². The van der Waals surface area contributed by atoms with Gasteiger partial charge in [-0.15, -0.1) is 0 Å². The molecule has 0 radical (unpaired) electrons. The van der Waals surface area contributed by atoms with Crippen molar-refractivity contribution in [2.24, 2.45) is 11.7 Å². The van der Waals surface area contributed by atoms with Crippen LogP contribution in [0.15, 0.2) is 18.2 Å². The molecule has 1 aromatic carbocycles. The summed E-state index contributed by atoms with van der Waals surface area (Å²) in [5.41, 5.74) is 4.12. The van der Waals surface area contributed by atoms with Crippen molar-refractivity contribution in [3.05, 3.63) is 35.1 Å². The van der Waals surface area contributed by atoms with E-state index in [2.05, 4.69) is 0 Å². The van der Waals surface area contributed by atoms with E-state index in [0.29, 0.717) is 18.4 Å². The Hall–Kier alpha value is -1.59. The Labute approximate surface area is 120 Å². The smallest absolute Gasteiger partial charge is 0.369 e. The van der Waals surface area contributed by atoms with E-state index >= 15 is 0 Å². The highest BCUT2D eigenvalue weighted by Crippen LogP contribution is 2.37. The molecule has 1 amide bonds. The fourth-order valence-corrected chi connectivity index (χ4v) is 2.97. The van der Waals surface area contributed by atoms with Crippen LogP contribution in [0, 0.1) is 11.7 Å². The summed E-state index contributed by atoms with van der Waals surface area (Å²) in [6, 6.07) is 2.68. The van der Waals surface area contributed by atoms with E-state index in [1.165, 1.54) is 6.07 Å². The number of alkyl halides is 3. The Morgan fingerprint density at radius 3 is 2.43 bits per heavy atom. The first-order valence-electron chi connectivity index (χ1n) is 6.95. The normalized spacial score (nSPS) is 17.9. The third-order valence-electron chi connectivity index (χ3n) is 4.09. The van der Waals surface area contributed by atoms with Crippen LogP contribution in [0.3, 0.4) is 0 Å². The molecule has 1 fully saturated rings. The third kappa shape index (κ3) is 3.74. The lowest BCUT2D eigenvalue weighted by Gasteiger charge is -2.19. The first-order chi connectivity index (χ1) is 9.79. The van der Waals surface area contributed by atoms with Gasteiger partial charge in [0.15, 0.2) is 0 Å². The fourth-order valence-electron chi connectivity index (χ4n) is 2.97. The van der Waals surface area contributed by atoms with Gasteiger partial charge in [-0.1, -0.05) is 31.7 Å². The second kappa shape index (κ2) is 6.03. The number of hydrogen-bond donors (Lipinski definition) is 1. The molecule has 0 spiro atoms. The minimum atomic E-state index is -4.78. The summed E-state index contributed by atoms with van der Waals surface area (Å²) in [7, 11) is 0. The van der Waals surface area contributed by atoms with E-state index in [1.54, 1.807) is 0 Å². The van der Waals surface area contributed by atoms with E-state index < -0.39 is 29.4 Å². The highest BCUT2D eigenvalue weighted by Gasteiger charge is 2.35. The molecule has 0 aliphatic heterocycles. The zero-order valence-electron chi connectivity index (χ0n) is 11.4. The second-order valence-electron chi connectivity index (χ2n) is 5.58. The van der Waals surface area contributed by atoms with Gasteiger partial charge in [-0.3, -0.25) is 4.79 Å². The molecule has 0 aromatic heterocycles. The molecule has 1 unspecified atom stereocenters. The number of hydrogen-bond acceptors (Lipinski definition) is 1. The first kappa shape index (κ1) is 15.8. The summed E-state index contributed by atoms with van der Waals surface area (Å²) in [6.07, 6.45) is -0.317. The summed E-state index contributed by atoms with van der Waals surface area (Å²) in [5.74, 6) is -2.51. The van der Waals surface area contributed by atoms with Gasteiger partial charge in [-0.05, 0) is 30.0 Å². The molecule has 1 aliphatic rings. The summed E-state index contributed by atoms with van der Waals surface area (Å²) in [5, 5.41) is 0. The predicted octanol–water partition coefficient (Wildman–Crippen LogP) is 3.99. The molecular formula is C15H17F4NO. The summed E-state index contributed by atoms with van der Waals surface area (Å²) in [4.78, 5) is 11.6. The Balaban J connectivity index is 2.29. The molecule has 0 bridgehead atoms. The van der Waals surface area contributed by atoms with Crippen LogP contribution in [0.5, 0.6) is 0 Å². The van der Waals surface area contributed by atoms with Crippen LogP contribution in [-0.2, 0) is 11.0 Å². The second-order valence-corrected chi connectivity index (χ2v) is 5.58. The molecule has 0 heterocycles. The lowest BCUT2D eigenvalue weighted by atomic mass is 9.86. The van der Waals surface area contributed by atoms with Crippen molar-refractivity contribution < 1.29 is 22.4 Å². The van der Waals surface area contributed by atoms with Crippen molar-refractivity contribution >= 4 is 5.91 Å². The highest BCUT2D eigenvalue weighted by atomic mass is 19.4. The van der Waals surface area contributed by atoms with Gasteiger partial charge in [-0.2, -0.15) is 13.2 Å². The van der Waals surface area contributed by atoms with E-state index in [4.69, 9.17) is 5.73 Å². The number of rotatable bonds is 4. The monoisotopic (exact) mass is 303 g/mol. The van der Waals surface area contributed by atoms with Crippen molar-refractivity contribution in [2.45, 2.75) is 44.2 Å². The number of carbonyl (C=O) groups excluding carboxylic acids is 1. The van der Waals surface area contributed by atoms with Gasteiger partial charge >= 0.3 is 6.18 Å². The minimum absolute atomic E-state index is 0.142. The van der Waals surface area contributed by atoms with E-state index in [0.717, 1.165) is 31.7 Å². The van der Waals surface area contributed by atoms with Crippen molar-refractivity contribution in [3.63, 3.8) is 0 Å². The summed E-state index contributed by atoms with van der Waals surface area (Å²) < 4.78 is 51.5. The largest absolute Gasteiger partial charge is 0.419 e. The van der Waals surface area contributed by atoms with Gasteiger partial charge in [0.25, 0.3) is 0 Å². The lowest BCUT2D eigenvalue weighted by molar-refractivity contribution is -0.140. The molecule has 1 atom stereocenters. The van der Waals surface area contributed by atoms with Crippen molar-refractivity contribution in [1.29, 1.82) is 0 Å². The fraction of sp³-hybridized carbons (Fsp3) is 0.533. The lowest BCUT2D eigenvalue weighted by Crippen LogP contribution is -2.24. The number of primary amides is 1. The van der Waals surface area contributed by atoms with Gasteiger partial charge in [0, 0.05) is 0 Å². The molecule has 116 valence electrons. The van der Waals surface area contributed by atoms with Gasteiger partial charge in [0.1, 0.15) is 5.82 Å². The number of carbonyl (C=O) groups is 1. The minimum Gasteiger partial charge on any atom is -0.369 e. The van der Waals surface area contributed by atoms with Gasteiger partial charge in [0.2, 0.25) is 5.91 Å². The molecule has 2 rings (SSSR count). The van der Waals surface area contributed by atoms with Gasteiger partial charge < -0.3 is 5.73 Å². The topological polar surface area (TPSA) is 43.1 Å². The van der Waals surface area contributed by atoms with Crippen LogP contribution >= 0.6 is 0 Å². The maximum Gasteiger partial charge on any atom is 0.419 e. The predicted molar refractivity (Wildman–Crippen MR) is 69.9 cm³/mol. The molecule has 1 aromatic rings. The summed E-state index contributed by atoms with van der Waals surface area (Å²) in [6.45, 7) is 0. The average molecular weight is 303 g/mol. The van der Waals surface area contributed by atoms with Crippen LogP contribution in [0.2, 0.25) is 0 Å². The van der Waals surface area contributed by atoms with E-state index in [-0.39, 0.29) is 5.56 Å². The Morgan fingerprint density at radius 2 is 1.90 bits per heavy atom. The SMILES string of the molecule is NC(=O)C(CC1CCCC1)c1ccc(F)c(C(F)(F)F)c1. The van der Waals surface area contributed by atoms with Crippen LogP contribution < -0.4 is 5.73 Å². The zero-order valence-corrected chi connectivity index (χ0v) is 11.4. The van der Waals surface area contributed by atoms with E-state index in [1.807, 2.05) is 0 Å². The van der Waals surface area contributed by atoms with Gasteiger partial charge in [-0.25, -0.2) is 4.39 Å². The van der Waals surface area contributed by atoms with Crippen LogP contribution in [0.25, 0.3) is 0 Å². The maximum absolute atomic E-state index is 13.3. The maximum atomic E-state index is 13.3. The molecule has 21 heavy (non-hydrogen) atoms. The number of nitrogens with two attached hydrogens (primary N) is 1. The van der Waals surface area contributed by atoms with Crippen molar-refractivity contribution in [2.75, 3.05) is 0 Å². The van der Waals surface area contributed by atoms with Gasteiger partial charge in [0.05, 0.1) is 11.5 Å². The Morgan fingerprint density at radius 1 is 1.29 bits per heavy atom. The zero-order chi connectivity index (χ0) is 15.6. The highest BCUT2D eigenvalue weighted by molar-refractivity contribution is 5.82. The third-order valence-corrected chi connectivity index (χ3v) is 4.09. The number of halogens is 4. The molecule has 6 heteroatoms. The molecule has 1 aliphatic carbocycles. The molecule has 2 N–H and O–H groups in total. The average Bonchev–Trinajstić information content (AvgIpc) is 2.88. The number of amides is 1. The Bertz CT molecular complexity index is 521. The quantitative estimate of drug-likeness (QED) is 0.840. The molecular weight excluding hydrogens is 286 g/mol. The number of benzene rings is 1. The molecule has 2 nitrogen and oxygen atoms in total. The Kier molecular flexibility index (Phi) is 4.54. The van der Waals surface area contributed by atoms with E-state index in [9.17, 15) is 22.4 Å². The first-order valence-corrected chi connectivity index (χ1v) is 6.95. The van der Waals surface area contributed by atoms with Crippen LogP contribution in [0.1, 0.15) is 49.1 Å². The molecule has 1 saturated carbocycles. The molecule has 0 saturated heterocycles. The van der Waals surface area contributed by atoms with Crippen molar-refractivity contribution in [1.82, 2.24) is 0 Å².